The highest BCUT2D eigenvalue weighted by Crippen LogP contribution is 2.23. The minimum Gasteiger partial charge on any atom is -0.497 e. The Labute approximate surface area is 170 Å². The van der Waals surface area contributed by atoms with Crippen molar-refractivity contribution < 1.29 is 14.3 Å². The number of amides is 1. The number of aromatic nitrogens is 2. The monoisotopic (exact) mass is 389 g/mol. The molecule has 1 aromatic carbocycles. The van der Waals surface area contributed by atoms with Crippen molar-refractivity contribution in [2.24, 2.45) is 0 Å². The topological polar surface area (TPSA) is 64.5 Å². The molecule has 0 N–H and O–H groups in total. The van der Waals surface area contributed by atoms with Crippen LogP contribution in [0.1, 0.15) is 33.5 Å². The second-order valence-corrected chi connectivity index (χ2v) is 6.91. The third-order valence-corrected chi connectivity index (χ3v) is 4.92. The second kappa shape index (κ2) is 8.84. The predicted octanol–water partition coefficient (Wildman–Crippen LogP) is 3.29. The standard InChI is InChI=1S/C23H23N3O3/c1-28-19-8-4-6-17(15-19)14-18-7-5-10-20(25-18)22-16-26(12-13-29-22)23(27)21-9-2-3-11-24-21/h2-11,15,22H,12-14,16H2,1H3/t22-/m0/s1. The Bertz CT molecular complexity index is 978. The van der Waals surface area contributed by atoms with Gasteiger partial charge in [0.05, 0.1) is 26.0 Å². The highest BCUT2D eigenvalue weighted by atomic mass is 16.5. The van der Waals surface area contributed by atoms with Crippen molar-refractivity contribution in [3.63, 3.8) is 0 Å². The molecule has 6 nitrogen and oxygen atoms in total. The van der Waals surface area contributed by atoms with Crippen molar-refractivity contribution in [1.82, 2.24) is 14.9 Å². The molecule has 0 aliphatic carbocycles. The fourth-order valence-electron chi connectivity index (χ4n) is 3.43. The van der Waals surface area contributed by atoms with Gasteiger partial charge in [-0.1, -0.05) is 24.3 Å². The first-order chi connectivity index (χ1) is 14.2. The zero-order valence-electron chi connectivity index (χ0n) is 16.3. The number of carbonyl (C=O) groups excluding carboxylic acids is 1. The van der Waals surface area contributed by atoms with Crippen LogP contribution in [0, 0.1) is 0 Å². The average molecular weight is 389 g/mol. The van der Waals surface area contributed by atoms with Gasteiger partial charge in [0.1, 0.15) is 17.5 Å². The molecule has 1 atom stereocenters. The number of carbonyl (C=O) groups is 1. The lowest BCUT2D eigenvalue weighted by Gasteiger charge is -2.32. The normalized spacial score (nSPS) is 16.4. The molecule has 1 saturated heterocycles. The lowest BCUT2D eigenvalue weighted by molar-refractivity contribution is -0.0249. The maximum absolute atomic E-state index is 12.7. The third kappa shape index (κ3) is 4.60. The second-order valence-electron chi connectivity index (χ2n) is 6.91. The fourth-order valence-corrected chi connectivity index (χ4v) is 3.43. The van der Waals surface area contributed by atoms with Crippen LogP contribution in [0.4, 0.5) is 0 Å². The number of hydrogen-bond donors (Lipinski definition) is 0. The predicted molar refractivity (Wildman–Crippen MR) is 109 cm³/mol. The first-order valence-corrected chi connectivity index (χ1v) is 9.63. The first-order valence-electron chi connectivity index (χ1n) is 9.63. The summed E-state index contributed by atoms with van der Waals surface area (Å²) >= 11 is 0. The van der Waals surface area contributed by atoms with E-state index >= 15 is 0 Å². The fraction of sp³-hybridized carbons (Fsp3) is 0.261. The lowest BCUT2D eigenvalue weighted by Crippen LogP contribution is -2.42. The van der Waals surface area contributed by atoms with Gasteiger partial charge >= 0.3 is 0 Å². The summed E-state index contributed by atoms with van der Waals surface area (Å²) in [6, 6.07) is 19.3. The molecular formula is C23H23N3O3. The molecule has 148 valence electrons. The van der Waals surface area contributed by atoms with Gasteiger partial charge in [-0.2, -0.15) is 0 Å². The van der Waals surface area contributed by atoms with E-state index in [0.29, 0.717) is 31.8 Å². The summed E-state index contributed by atoms with van der Waals surface area (Å²) in [4.78, 5) is 23.5. The van der Waals surface area contributed by atoms with Crippen molar-refractivity contribution >= 4 is 5.91 Å². The van der Waals surface area contributed by atoms with Crippen molar-refractivity contribution in [2.75, 3.05) is 26.8 Å². The minimum atomic E-state index is -0.248. The Hall–Kier alpha value is -3.25. The number of ether oxygens (including phenoxy) is 2. The number of benzene rings is 1. The molecule has 3 heterocycles. The molecule has 3 aromatic rings. The van der Waals surface area contributed by atoms with Crippen LogP contribution in [0.25, 0.3) is 0 Å². The first kappa shape index (κ1) is 19.1. The van der Waals surface area contributed by atoms with Crippen LogP contribution >= 0.6 is 0 Å². The summed E-state index contributed by atoms with van der Waals surface area (Å²) in [5.41, 5.74) is 3.37. The molecule has 0 spiro atoms. The maximum Gasteiger partial charge on any atom is 0.272 e. The molecule has 1 amide bonds. The van der Waals surface area contributed by atoms with Gasteiger partial charge in [-0.15, -0.1) is 0 Å². The van der Waals surface area contributed by atoms with Crippen LogP contribution in [0.2, 0.25) is 0 Å². The number of morpholine rings is 1. The highest BCUT2D eigenvalue weighted by Gasteiger charge is 2.27. The molecule has 0 saturated carbocycles. The van der Waals surface area contributed by atoms with Crippen LogP contribution in [0.3, 0.4) is 0 Å². The molecule has 0 radical (unpaired) electrons. The summed E-state index contributed by atoms with van der Waals surface area (Å²) in [6.45, 7) is 1.49. The quantitative estimate of drug-likeness (QED) is 0.670. The molecule has 6 heteroatoms. The molecule has 0 unspecified atom stereocenters. The van der Waals surface area contributed by atoms with Crippen LogP contribution in [-0.2, 0) is 11.2 Å². The van der Waals surface area contributed by atoms with E-state index in [0.717, 1.165) is 22.7 Å². The molecule has 0 bridgehead atoms. The summed E-state index contributed by atoms with van der Waals surface area (Å²) < 4.78 is 11.2. The summed E-state index contributed by atoms with van der Waals surface area (Å²) in [6.07, 6.45) is 2.09. The number of methoxy groups -OCH3 is 1. The summed E-state index contributed by atoms with van der Waals surface area (Å²) in [5, 5.41) is 0. The number of nitrogens with zero attached hydrogens (tertiary/aromatic N) is 3. The Kier molecular flexibility index (Phi) is 5.81. The van der Waals surface area contributed by atoms with E-state index in [1.807, 2.05) is 42.5 Å². The third-order valence-electron chi connectivity index (χ3n) is 4.92. The summed E-state index contributed by atoms with van der Waals surface area (Å²) in [5.74, 6) is 0.754. The van der Waals surface area contributed by atoms with E-state index < -0.39 is 0 Å². The highest BCUT2D eigenvalue weighted by molar-refractivity contribution is 5.92. The molecule has 1 fully saturated rings. The SMILES string of the molecule is COc1cccc(Cc2cccc([C@@H]3CN(C(=O)c4ccccn4)CCO3)n2)c1. The van der Waals surface area contributed by atoms with E-state index in [1.54, 1.807) is 30.3 Å². The smallest absolute Gasteiger partial charge is 0.272 e. The van der Waals surface area contributed by atoms with Gasteiger partial charge in [0, 0.05) is 24.9 Å². The van der Waals surface area contributed by atoms with E-state index in [9.17, 15) is 4.79 Å². The Balaban J connectivity index is 1.48. The minimum absolute atomic E-state index is 0.0774. The van der Waals surface area contributed by atoms with E-state index in [-0.39, 0.29) is 12.0 Å². The van der Waals surface area contributed by atoms with Gasteiger partial charge in [0.2, 0.25) is 0 Å². The zero-order chi connectivity index (χ0) is 20.1. The van der Waals surface area contributed by atoms with Crippen LogP contribution in [0.5, 0.6) is 5.75 Å². The number of hydrogen-bond acceptors (Lipinski definition) is 5. The van der Waals surface area contributed by atoms with Crippen molar-refractivity contribution in [3.05, 3.63) is 89.5 Å². The van der Waals surface area contributed by atoms with Crippen molar-refractivity contribution in [3.8, 4) is 5.75 Å². The van der Waals surface area contributed by atoms with Crippen LogP contribution in [-0.4, -0.2) is 47.6 Å². The van der Waals surface area contributed by atoms with E-state index in [4.69, 9.17) is 14.5 Å². The lowest BCUT2D eigenvalue weighted by atomic mass is 10.1. The van der Waals surface area contributed by atoms with Gasteiger partial charge in [0.25, 0.3) is 5.91 Å². The van der Waals surface area contributed by atoms with Gasteiger partial charge in [0.15, 0.2) is 0 Å². The van der Waals surface area contributed by atoms with Crippen molar-refractivity contribution in [1.29, 1.82) is 0 Å². The zero-order valence-corrected chi connectivity index (χ0v) is 16.3. The Morgan fingerprint density at radius 1 is 1.17 bits per heavy atom. The van der Waals surface area contributed by atoms with Crippen LogP contribution in [0.15, 0.2) is 66.9 Å². The van der Waals surface area contributed by atoms with Gasteiger partial charge in [-0.3, -0.25) is 14.8 Å². The van der Waals surface area contributed by atoms with Crippen LogP contribution < -0.4 is 4.74 Å². The average Bonchev–Trinajstić information content (AvgIpc) is 2.79. The Morgan fingerprint density at radius 3 is 2.90 bits per heavy atom. The van der Waals surface area contributed by atoms with Gasteiger partial charge in [-0.25, -0.2) is 0 Å². The van der Waals surface area contributed by atoms with Gasteiger partial charge in [-0.05, 0) is 42.0 Å². The van der Waals surface area contributed by atoms with E-state index in [1.165, 1.54) is 0 Å². The molecule has 1 aliphatic rings. The number of rotatable bonds is 5. The molecule has 29 heavy (non-hydrogen) atoms. The maximum atomic E-state index is 12.7. The van der Waals surface area contributed by atoms with E-state index in [2.05, 4.69) is 11.1 Å². The molecule has 4 rings (SSSR count). The molecule has 1 aliphatic heterocycles. The molecule has 2 aromatic heterocycles. The largest absolute Gasteiger partial charge is 0.497 e. The Morgan fingerprint density at radius 2 is 2.07 bits per heavy atom. The van der Waals surface area contributed by atoms with Gasteiger partial charge < -0.3 is 14.4 Å². The molecular weight excluding hydrogens is 366 g/mol. The summed E-state index contributed by atoms with van der Waals surface area (Å²) in [7, 11) is 1.66. The number of pyridine rings is 2. The van der Waals surface area contributed by atoms with Crippen molar-refractivity contribution in [2.45, 2.75) is 12.5 Å².